The third kappa shape index (κ3) is 2.66. The van der Waals surface area contributed by atoms with E-state index in [0.717, 1.165) is 33.5 Å². The molecule has 5 rings (SSSR count). The molecule has 5 N–H and O–H groups in total. The summed E-state index contributed by atoms with van der Waals surface area (Å²) in [6.45, 7) is 0. The SMILES string of the molecule is Nc1ncc(-c2nc(-c3ccc4[nH]ccc4c3)[nH]c2-c2ccncc2)cc1O. The molecule has 5 aromatic rings. The summed E-state index contributed by atoms with van der Waals surface area (Å²) in [4.78, 5) is 19.6. The van der Waals surface area contributed by atoms with Crippen LogP contribution in [0.15, 0.2) is 67.3 Å². The standard InChI is InChI=1S/C21H16N6O/c22-20-17(28)10-15(11-25-20)19-18(12-3-6-23-7-4-12)26-21(27-19)14-1-2-16-13(9-14)5-8-24-16/h1-11,24,28H,(H2,22,25)(H,26,27). The number of hydrogen-bond acceptors (Lipinski definition) is 5. The second-order valence-electron chi connectivity index (χ2n) is 6.45. The number of aromatic hydroxyl groups is 1. The Kier molecular flexibility index (Phi) is 3.58. The van der Waals surface area contributed by atoms with Crippen LogP contribution in [0.4, 0.5) is 5.82 Å². The first kappa shape index (κ1) is 16.1. The maximum atomic E-state index is 10.0. The van der Waals surface area contributed by atoms with Crippen molar-refractivity contribution in [3.05, 3.63) is 67.3 Å². The molecule has 0 saturated heterocycles. The van der Waals surface area contributed by atoms with Gasteiger partial charge in [0.1, 0.15) is 5.82 Å². The van der Waals surface area contributed by atoms with Crippen LogP contribution in [0.25, 0.3) is 44.8 Å². The van der Waals surface area contributed by atoms with Crippen molar-refractivity contribution in [1.82, 2.24) is 24.9 Å². The molecular formula is C21H16N6O. The van der Waals surface area contributed by atoms with Crippen molar-refractivity contribution in [2.45, 2.75) is 0 Å². The van der Waals surface area contributed by atoms with E-state index >= 15 is 0 Å². The number of nitrogens with zero attached hydrogens (tertiary/aromatic N) is 3. The fourth-order valence-electron chi connectivity index (χ4n) is 3.24. The van der Waals surface area contributed by atoms with E-state index in [4.69, 9.17) is 10.7 Å². The molecule has 1 aromatic carbocycles. The normalized spacial score (nSPS) is 11.1. The molecule has 0 fully saturated rings. The van der Waals surface area contributed by atoms with Gasteiger partial charge < -0.3 is 20.8 Å². The van der Waals surface area contributed by atoms with Gasteiger partial charge in [-0.05, 0) is 42.5 Å². The summed E-state index contributed by atoms with van der Waals surface area (Å²) in [7, 11) is 0. The fourth-order valence-corrected chi connectivity index (χ4v) is 3.24. The van der Waals surface area contributed by atoms with Crippen LogP contribution in [-0.2, 0) is 0 Å². The van der Waals surface area contributed by atoms with Crippen LogP contribution >= 0.6 is 0 Å². The molecule has 7 nitrogen and oxygen atoms in total. The Balaban J connectivity index is 1.71. The number of pyridine rings is 2. The molecule has 136 valence electrons. The Hall–Kier alpha value is -4.13. The van der Waals surface area contributed by atoms with Crippen LogP contribution in [-0.4, -0.2) is 30.0 Å². The Labute approximate surface area is 159 Å². The van der Waals surface area contributed by atoms with Gasteiger partial charge in [-0.2, -0.15) is 0 Å². The first-order valence-electron chi connectivity index (χ1n) is 8.72. The molecule has 0 spiro atoms. The molecule has 0 radical (unpaired) electrons. The first-order chi connectivity index (χ1) is 13.7. The fraction of sp³-hybridized carbons (Fsp3) is 0. The maximum Gasteiger partial charge on any atom is 0.165 e. The van der Waals surface area contributed by atoms with Gasteiger partial charge in [0.25, 0.3) is 0 Å². The number of nitrogens with one attached hydrogen (secondary N) is 2. The van der Waals surface area contributed by atoms with Gasteiger partial charge in [-0.25, -0.2) is 9.97 Å². The molecule has 0 bridgehead atoms. The number of anilines is 1. The number of aromatic amines is 2. The largest absolute Gasteiger partial charge is 0.504 e. The molecule has 0 aliphatic heterocycles. The monoisotopic (exact) mass is 368 g/mol. The average Bonchev–Trinajstić information content (AvgIpc) is 3.37. The summed E-state index contributed by atoms with van der Waals surface area (Å²) < 4.78 is 0. The van der Waals surface area contributed by atoms with Crippen LogP contribution in [0.2, 0.25) is 0 Å². The summed E-state index contributed by atoms with van der Waals surface area (Å²) in [6, 6.07) is 13.5. The van der Waals surface area contributed by atoms with E-state index in [1.807, 2.05) is 36.5 Å². The van der Waals surface area contributed by atoms with Crippen LogP contribution in [0.3, 0.4) is 0 Å². The third-order valence-corrected chi connectivity index (χ3v) is 4.67. The topological polar surface area (TPSA) is 116 Å². The lowest BCUT2D eigenvalue weighted by Gasteiger charge is -2.04. The number of H-pyrrole nitrogens is 2. The lowest BCUT2D eigenvalue weighted by Crippen LogP contribution is -1.92. The molecule has 4 heterocycles. The lowest BCUT2D eigenvalue weighted by atomic mass is 10.1. The highest BCUT2D eigenvalue weighted by molar-refractivity contribution is 5.86. The zero-order chi connectivity index (χ0) is 19.1. The van der Waals surface area contributed by atoms with E-state index < -0.39 is 0 Å². The van der Waals surface area contributed by atoms with Crippen LogP contribution in [0, 0.1) is 0 Å². The molecule has 0 saturated carbocycles. The van der Waals surface area contributed by atoms with E-state index in [0.29, 0.717) is 11.3 Å². The molecule has 0 atom stereocenters. The van der Waals surface area contributed by atoms with Crippen molar-refractivity contribution in [1.29, 1.82) is 0 Å². The Morgan fingerprint density at radius 1 is 0.929 bits per heavy atom. The molecule has 28 heavy (non-hydrogen) atoms. The van der Waals surface area contributed by atoms with Crippen LogP contribution in [0.5, 0.6) is 5.75 Å². The lowest BCUT2D eigenvalue weighted by molar-refractivity contribution is 0.476. The number of aromatic nitrogens is 5. The summed E-state index contributed by atoms with van der Waals surface area (Å²) in [6.07, 6.45) is 6.97. The molecule has 0 amide bonds. The minimum absolute atomic E-state index is 0.0727. The van der Waals surface area contributed by atoms with Crippen molar-refractivity contribution < 1.29 is 5.11 Å². The van der Waals surface area contributed by atoms with Crippen molar-refractivity contribution in [2.24, 2.45) is 0 Å². The molecule has 0 aliphatic carbocycles. The van der Waals surface area contributed by atoms with Gasteiger partial charge in [0, 0.05) is 52.4 Å². The molecule has 7 heteroatoms. The molecular weight excluding hydrogens is 352 g/mol. The number of hydrogen-bond donors (Lipinski definition) is 4. The van der Waals surface area contributed by atoms with Crippen molar-refractivity contribution in [3.63, 3.8) is 0 Å². The number of fused-ring (bicyclic) bond motifs is 1. The van der Waals surface area contributed by atoms with E-state index in [-0.39, 0.29) is 11.6 Å². The highest BCUT2D eigenvalue weighted by Gasteiger charge is 2.17. The van der Waals surface area contributed by atoms with Gasteiger partial charge in [0.15, 0.2) is 11.6 Å². The number of rotatable bonds is 3. The van der Waals surface area contributed by atoms with Crippen LogP contribution < -0.4 is 5.73 Å². The van der Waals surface area contributed by atoms with Gasteiger partial charge >= 0.3 is 0 Å². The van der Waals surface area contributed by atoms with Gasteiger partial charge in [-0.3, -0.25) is 4.98 Å². The predicted molar refractivity (Wildman–Crippen MR) is 108 cm³/mol. The van der Waals surface area contributed by atoms with Crippen molar-refractivity contribution in [2.75, 3.05) is 5.73 Å². The summed E-state index contributed by atoms with van der Waals surface area (Å²) in [5.41, 5.74) is 10.8. The van der Waals surface area contributed by atoms with Gasteiger partial charge in [-0.15, -0.1) is 0 Å². The van der Waals surface area contributed by atoms with Gasteiger partial charge in [0.2, 0.25) is 0 Å². The second kappa shape index (κ2) is 6.24. The smallest absolute Gasteiger partial charge is 0.165 e. The molecule has 0 aliphatic rings. The first-order valence-corrected chi connectivity index (χ1v) is 8.72. The highest BCUT2D eigenvalue weighted by atomic mass is 16.3. The van der Waals surface area contributed by atoms with E-state index in [1.54, 1.807) is 24.7 Å². The minimum atomic E-state index is -0.0727. The van der Waals surface area contributed by atoms with Crippen LogP contribution in [0.1, 0.15) is 0 Å². The van der Waals surface area contributed by atoms with E-state index in [1.165, 1.54) is 0 Å². The number of benzene rings is 1. The average molecular weight is 368 g/mol. The van der Waals surface area contributed by atoms with Crippen molar-refractivity contribution >= 4 is 16.7 Å². The predicted octanol–water partition coefficient (Wildman–Crippen LogP) is 3.97. The third-order valence-electron chi connectivity index (χ3n) is 4.67. The number of nitrogen functional groups attached to an aromatic ring is 1. The molecule has 0 unspecified atom stereocenters. The minimum Gasteiger partial charge on any atom is -0.504 e. The van der Waals surface area contributed by atoms with E-state index in [9.17, 15) is 5.11 Å². The summed E-state index contributed by atoms with van der Waals surface area (Å²) >= 11 is 0. The maximum absolute atomic E-state index is 10.0. The Bertz CT molecular complexity index is 1290. The summed E-state index contributed by atoms with van der Waals surface area (Å²) in [5.74, 6) is 0.737. The second-order valence-corrected chi connectivity index (χ2v) is 6.45. The quantitative estimate of drug-likeness (QED) is 0.384. The highest BCUT2D eigenvalue weighted by Crippen LogP contribution is 2.35. The zero-order valence-corrected chi connectivity index (χ0v) is 14.7. The number of imidazole rings is 1. The Morgan fingerprint density at radius 3 is 2.61 bits per heavy atom. The van der Waals surface area contributed by atoms with Gasteiger partial charge in [0.05, 0.1) is 11.4 Å². The van der Waals surface area contributed by atoms with E-state index in [2.05, 4.69) is 26.0 Å². The van der Waals surface area contributed by atoms with Gasteiger partial charge in [-0.1, -0.05) is 0 Å². The molecule has 4 aromatic heterocycles. The number of nitrogens with two attached hydrogens (primary N) is 1. The summed E-state index contributed by atoms with van der Waals surface area (Å²) in [5, 5.41) is 11.1. The van der Waals surface area contributed by atoms with Crippen molar-refractivity contribution in [3.8, 4) is 39.7 Å². The zero-order valence-electron chi connectivity index (χ0n) is 14.7. The Morgan fingerprint density at radius 2 is 1.79 bits per heavy atom.